The van der Waals surface area contributed by atoms with Gasteiger partial charge in [-0.05, 0) is 49.9 Å². The van der Waals surface area contributed by atoms with Crippen molar-refractivity contribution in [3.63, 3.8) is 0 Å². The SMILES string of the molecule is NCCc1ccc(C(=O)N[C@@H]2CCC[C@@H](N3CCOCC3)[C@@H]2O)cc1. The van der Waals surface area contributed by atoms with E-state index in [0.717, 1.165) is 57.6 Å². The van der Waals surface area contributed by atoms with Crippen molar-refractivity contribution in [3.8, 4) is 0 Å². The summed E-state index contributed by atoms with van der Waals surface area (Å²) in [4.78, 5) is 14.8. The highest BCUT2D eigenvalue weighted by Crippen LogP contribution is 2.25. The minimum atomic E-state index is -0.535. The molecule has 0 spiro atoms. The normalized spacial score (nSPS) is 27.8. The van der Waals surface area contributed by atoms with Crippen molar-refractivity contribution >= 4 is 5.91 Å². The minimum Gasteiger partial charge on any atom is -0.389 e. The van der Waals surface area contributed by atoms with Crippen LogP contribution < -0.4 is 11.1 Å². The van der Waals surface area contributed by atoms with Gasteiger partial charge in [0.1, 0.15) is 0 Å². The van der Waals surface area contributed by atoms with E-state index in [9.17, 15) is 9.90 Å². The van der Waals surface area contributed by atoms with Crippen LogP contribution in [0, 0.1) is 0 Å². The third-order valence-corrected chi connectivity index (χ3v) is 5.30. The van der Waals surface area contributed by atoms with Crippen molar-refractivity contribution < 1.29 is 14.6 Å². The molecule has 1 saturated heterocycles. The number of carbonyl (C=O) groups excluding carboxylic acids is 1. The fourth-order valence-electron chi connectivity index (χ4n) is 3.86. The highest BCUT2D eigenvalue weighted by atomic mass is 16.5. The quantitative estimate of drug-likeness (QED) is 0.723. The van der Waals surface area contributed by atoms with E-state index >= 15 is 0 Å². The molecule has 25 heavy (non-hydrogen) atoms. The number of nitrogens with zero attached hydrogens (tertiary/aromatic N) is 1. The smallest absolute Gasteiger partial charge is 0.251 e. The zero-order valence-corrected chi connectivity index (χ0v) is 14.7. The maximum absolute atomic E-state index is 12.5. The molecule has 0 radical (unpaired) electrons. The zero-order chi connectivity index (χ0) is 17.6. The van der Waals surface area contributed by atoms with Gasteiger partial charge < -0.3 is 20.9 Å². The Kier molecular flexibility index (Phi) is 6.42. The summed E-state index contributed by atoms with van der Waals surface area (Å²) in [5, 5.41) is 13.8. The fraction of sp³-hybridized carbons (Fsp3) is 0.632. The number of ether oxygens (including phenoxy) is 1. The van der Waals surface area contributed by atoms with Crippen LogP contribution in [-0.4, -0.2) is 66.9 Å². The molecule has 3 rings (SSSR count). The van der Waals surface area contributed by atoms with Gasteiger partial charge >= 0.3 is 0 Å². The second kappa shape index (κ2) is 8.76. The molecule has 1 amide bonds. The summed E-state index contributed by atoms with van der Waals surface area (Å²) in [5.41, 5.74) is 7.31. The Morgan fingerprint density at radius 2 is 1.96 bits per heavy atom. The summed E-state index contributed by atoms with van der Waals surface area (Å²) >= 11 is 0. The number of nitrogens with two attached hydrogens (primary N) is 1. The Labute approximate surface area is 149 Å². The largest absolute Gasteiger partial charge is 0.389 e. The first-order valence-electron chi connectivity index (χ1n) is 9.29. The predicted octanol–water partition coefficient (Wildman–Crippen LogP) is 0.532. The molecule has 0 bridgehead atoms. The Morgan fingerprint density at radius 3 is 2.64 bits per heavy atom. The molecule has 2 aliphatic rings. The standard InChI is InChI=1S/C19H29N3O3/c20-9-8-14-4-6-15(7-5-14)19(24)21-16-2-1-3-17(18(16)23)22-10-12-25-13-11-22/h4-7,16-18,23H,1-3,8-13,20H2,(H,21,24)/t16-,17-,18-/m1/s1. The van der Waals surface area contributed by atoms with Crippen LogP contribution in [0.15, 0.2) is 24.3 Å². The molecule has 1 saturated carbocycles. The van der Waals surface area contributed by atoms with Gasteiger partial charge in [0.2, 0.25) is 0 Å². The Balaban J connectivity index is 1.59. The van der Waals surface area contributed by atoms with E-state index in [0.29, 0.717) is 12.1 Å². The molecule has 1 aromatic carbocycles. The van der Waals surface area contributed by atoms with Gasteiger partial charge in [0, 0.05) is 24.7 Å². The molecule has 1 aliphatic heterocycles. The number of aliphatic hydroxyl groups excluding tert-OH is 1. The van der Waals surface area contributed by atoms with Crippen molar-refractivity contribution in [2.75, 3.05) is 32.8 Å². The van der Waals surface area contributed by atoms with E-state index in [1.165, 1.54) is 0 Å². The number of rotatable bonds is 5. The van der Waals surface area contributed by atoms with Crippen LogP contribution in [-0.2, 0) is 11.2 Å². The summed E-state index contributed by atoms with van der Waals surface area (Å²) in [5.74, 6) is -0.119. The molecule has 3 atom stereocenters. The summed E-state index contributed by atoms with van der Waals surface area (Å²) < 4.78 is 5.40. The number of morpholine rings is 1. The maximum Gasteiger partial charge on any atom is 0.251 e. The van der Waals surface area contributed by atoms with Gasteiger partial charge in [-0.15, -0.1) is 0 Å². The van der Waals surface area contributed by atoms with E-state index in [2.05, 4.69) is 10.2 Å². The van der Waals surface area contributed by atoms with Crippen molar-refractivity contribution in [3.05, 3.63) is 35.4 Å². The van der Waals surface area contributed by atoms with Crippen LogP contribution in [0.3, 0.4) is 0 Å². The second-order valence-electron chi connectivity index (χ2n) is 6.95. The first-order chi connectivity index (χ1) is 12.2. The lowest BCUT2D eigenvalue weighted by Crippen LogP contribution is -2.58. The lowest BCUT2D eigenvalue weighted by molar-refractivity contribution is -0.0459. The molecular formula is C19H29N3O3. The monoisotopic (exact) mass is 347 g/mol. The fourth-order valence-corrected chi connectivity index (χ4v) is 3.86. The summed E-state index contributed by atoms with van der Waals surface area (Å²) in [6.45, 7) is 3.74. The number of hydrogen-bond donors (Lipinski definition) is 3. The topological polar surface area (TPSA) is 87.8 Å². The van der Waals surface area contributed by atoms with Gasteiger partial charge in [-0.1, -0.05) is 12.1 Å². The molecule has 0 unspecified atom stereocenters. The highest BCUT2D eigenvalue weighted by Gasteiger charge is 2.36. The average molecular weight is 347 g/mol. The van der Waals surface area contributed by atoms with E-state index in [-0.39, 0.29) is 18.0 Å². The average Bonchev–Trinajstić information content (AvgIpc) is 2.65. The molecule has 0 aromatic heterocycles. The molecule has 1 aliphatic carbocycles. The number of carbonyl (C=O) groups is 1. The molecule has 2 fully saturated rings. The molecule has 6 heteroatoms. The Morgan fingerprint density at radius 1 is 1.24 bits per heavy atom. The Hall–Kier alpha value is -1.47. The van der Waals surface area contributed by atoms with Crippen LogP contribution in [0.1, 0.15) is 35.2 Å². The van der Waals surface area contributed by atoms with Gasteiger partial charge in [0.25, 0.3) is 5.91 Å². The van der Waals surface area contributed by atoms with Gasteiger partial charge in [-0.25, -0.2) is 0 Å². The van der Waals surface area contributed by atoms with E-state index < -0.39 is 6.10 Å². The number of hydrogen-bond acceptors (Lipinski definition) is 5. The van der Waals surface area contributed by atoms with Crippen molar-refractivity contribution in [1.82, 2.24) is 10.2 Å². The third-order valence-electron chi connectivity index (χ3n) is 5.30. The first kappa shape index (κ1) is 18.3. The summed E-state index contributed by atoms with van der Waals surface area (Å²) in [6.07, 6.45) is 3.08. The highest BCUT2D eigenvalue weighted by molar-refractivity contribution is 5.94. The molecule has 138 valence electrons. The van der Waals surface area contributed by atoms with Crippen molar-refractivity contribution in [1.29, 1.82) is 0 Å². The van der Waals surface area contributed by atoms with Gasteiger partial charge in [-0.2, -0.15) is 0 Å². The number of amides is 1. The van der Waals surface area contributed by atoms with Crippen molar-refractivity contribution in [2.24, 2.45) is 5.73 Å². The zero-order valence-electron chi connectivity index (χ0n) is 14.7. The van der Waals surface area contributed by atoms with Crippen LogP contribution in [0.2, 0.25) is 0 Å². The second-order valence-corrected chi connectivity index (χ2v) is 6.95. The molecule has 1 heterocycles. The van der Waals surface area contributed by atoms with Crippen LogP contribution in [0.25, 0.3) is 0 Å². The van der Waals surface area contributed by atoms with E-state index in [1.54, 1.807) is 0 Å². The predicted molar refractivity (Wildman–Crippen MR) is 96.5 cm³/mol. The molecule has 1 aromatic rings. The van der Waals surface area contributed by atoms with E-state index in [1.807, 2.05) is 24.3 Å². The number of nitrogens with one attached hydrogen (secondary N) is 1. The van der Waals surface area contributed by atoms with Crippen LogP contribution >= 0.6 is 0 Å². The van der Waals surface area contributed by atoms with Gasteiger partial charge in [0.05, 0.1) is 25.4 Å². The number of benzene rings is 1. The lowest BCUT2D eigenvalue weighted by Gasteiger charge is -2.43. The van der Waals surface area contributed by atoms with Crippen molar-refractivity contribution in [2.45, 2.75) is 43.9 Å². The van der Waals surface area contributed by atoms with Gasteiger partial charge in [-0.3, -0.25) is 9.69 Å². The number of aliphatic hydroxyl groups is 1. The van der Waals surface area contributed by atoms with Gasteiger partial charge in [0.15, 0.2) is 0 Å². The van der Waals surface area contributed by atoms with E-state index in [4.69, 9.17) is 10.5 Å². The summed E-state index contributed by atoms with van der Waals surface area (Å²) in [6, 6.07) is 7.45. The third kappa shape index (κ3) is 4.58. The molecular weight excluding hydrogens is 318 g/mol. The van der Waals surface area contributed by atoms with Crippen LogP contribution in [0.4, 0.5) is 0 Å². The molecule has 6 nitrogen and oxygen atoms in total. The molecule has 4 N–H and O–H groups in total. The first-order valence-corrected chi connectivity index (χ1v) is 9.29. The maximum atomic E-state index is 12.5. The summed E-state index contributed by atoms with van der Waals surface area (Å²) in [7, 11) is 0. The lowest BCUT2D eigenvalue weighted by atomic mass is 9.86. The van der Waals surface area contributed by atoms with Crippen LogP contribution in [0.5, 0.6) is 0 Å². The Bertz CT molecular complexity index is 558. The minimum absolute atomic E-state index is 0.106.